The third kappa shape index (κ3) is 3.58. The molecule has 0 saturated carbocycles. The van der Waals surface area contributed by atoms with Gasteiger partial charge in [-0.15, -0.1) is 5.10 Å². The second kappa shape index (κ2) is 6.74. The van der Waals surface area contributed by atoms with E-state index in [2.05, 4.69) is 47.3 Å². The van der Waals surface area contributed by atoms with E-state index < -0.39 is 0 Å². The van der Waals surface area contributed by atoms with Gasteiger partial charge in [0, 0.05) is 18.0 Å². The van der Waals surface area contributed by atoms with Crippen molar-refractivity contribution in [2.45, 2.75) is 58.0 Å². The van der Waals surface area contributed by atoms with E-state index in [1.54, 1.807) is 4.90 Å². The summed E-state index contributed by atoms with van der Waals surface area (Å²) in [5.41, 5.74) is 1.06. The molecule has 1 atom stereocenters. The van der Waals surface area contributed by atoms with E-state index in [1.165, 1.54) is 31.2 Å². The number of rotatable bonds is 3. The average molecular weight is 315 g/mol. The summed E-state index contributed by atoms with van der Waals surface area (Å²) in [4.78, 5) is 5.89. The van der Waals surface area contributed by atoms with Gasteiger partial charge in [0.2, 0.25) is 5.82 Å². The van der Waals surface area contributed by atoms with E-state index in [4.69, 9.17) is 0 Å². The molecular formula is C17H27N6+. The molecule has 1 aliphatic heterocycles. The molecule has 124 valence electrons. The van der Waals surface area contributed by atoms with E-state index in [1.807, 2.05) is 23.1 Å². The lowest BCUT2D eigenvalue weighted by atomic mass is 10.0. The number of tetrazole rings is 1. The van der Waals surface area contributed by atoms with Gasteiger partial charge in [0.05, 0.1) is 18.6 Å². The summed E-state index contributed by atoms with van der Waals surface area (Å²) in [5.74, 6) is 0.947. The van der Waals surface area contributed by atoms with E-state index in [-0.39, 0.29) is 11.6 Å². The van der Waals surface area contributed by atoms with Crippen molar-refractivity contribution >= 4 is 0 Å². The summed E-state index contributed by atoms with van der Waals surface area (Å²) >= 11 is 0. The summed E-state index contributed by atoms with van der Waals surface area (Å²) < 4.78 is 1.97. The SMILES string of the molecule is CC(C)(C)n1nnnc1[C@H](c1cccnc1)[NH+]1CCCCCC1. The first-order valence-electron chi connectivity index (χ1n) is 8.60. The van der Waals surface area contributed by atoms with Crippen LogP contribution in [0.4, 0.5) is 0 Å². The third-order valence-electron chi connectivity index (χ3n) is 4.56. The zero-order valence-electron chi connectivity index (χ0n) is 14.4. The number of hydrogen-bond donors (Lipinski definition) is 1. The predicted molar refractivity (Wildman–Crippen MR) is 88.1 cm³/mol. The van der Waals surface area contributed by atoms with Gasteiger partial charge in [0.25, 0.3) is 0 Å². The van der Waals surface area contributed by atoms with Crippen LogP contribution in [-0.2, 0) is 5.54 Å². The highest BCUT2D eigenvalue weighted by atomic mass is 15.6. The van der Waals surface area contributed by atoms with Crippen molar-refractivity contribution in [2.24, 2.45) is 0 Å². The standard InChI is InChI=1S/C17H26N6/c1-17(2,3)23-16(19-20-21-23)15(14-9-8-10-18-13-14)22-11-6-4-5-7-12-22/h8-10,13,15H,4-7,11-12H2,1-3H3/p+1/t15-/m0/s1. The van der Waals surface area contributed by atoms with Gasteiger partial charge in [-0.25, -0.2) is 4.68 Å². The van der Waals surface area contributed by atoms with E-state index in [9.17, 15) is 0 Å². The molecule has 23 heavy (non-hydrogen) atoms. The summed E-state index contributed by atoms with van der Waals surface area (Å²) in [5, 5.41) is 12.7. The Kier molecular flexibility index (Phi) is 4.71. The largest absolute Gasteiger partial charge is 0.322 e. The number of nitrogens with one attached hydrogen (secondary N) is 1. The zero-order valence-corrected chi connectivity index (χ0v) is 14.4. The number of hydrogen-bond acceptors (Lipinski definition) is 4. The topological polar surface area (TPSA) is 60.9 Å². The van der Waals surface area contributed by atoms with Crippen molar-refractivity contribution in [3.8, 4) is 0 Å². The highest BCUT2D eigenvalue weighted by molar-refractivity contribution is 5.18. The molecule has 1 N–H and O–H groups in total. The van der Waals surface area contributed by atoms with Crippen molar-refractivity contribution in [3.05, 3.63) is 35.9 Å². The first-order valence-corrected chi connectivity index (χ1v) is 8.60. The molecule has 3 rings (SSSR count). The maximum absolute atomic E-state index is 4.42. The first-order chi connectivity index (χ1) is 11.1. The predicted octanol–water partition coefficient (Wildman–Crippen LogP) is 1.37. The molecule has 0 aliphatic carbocycles. The molecular weight excluding hydrogens is 288 g/mol. The summed E-state index contributed by atoms with van der Waals surface area (Å²) in [7, 11) is 0. The Morgan fingerprint density at radius 2 is 1.87 bits per heavy atom. The average Bonchev–Trinajstić information content (AvgIpc) is 2.86. The molecule has 0 aromatic carbocycles. The minimum Gasteiger partial charge on any atom is -0.322 e. The Labute approximate surface area is 137 Å². The van der Waals surface area contributed by atoms with Crippen LogP contribution in [0.25, 0.3) is 0 Å². The van der Waals surface area contributed by atoms with Crippen molar-refractivity contribution in [2.75, 3.05) is 13.1 Å². The van der Waals surface area contributed by atoms with Crippen LogP contribution in [0.2, 0.25) is 0 Å². The van der Waals surface area contributed by atoms with Crippen LogP contribution >= 0.6 is 0 Å². The lowest BCUT2D eigenvalue weighted by molar-refractivity contribution is -0.925. The van der Waals surface area contributed by atoms with Crippen molar-refractivity contribution in [1.82, 2.24) is 25.2 Å². The summed E-state index contributed by atoms with van der Waals surface area (Å²) in [6, 6.07) is 4.30. The normalized spacial score (nSPS) is 18.6. The lowest BCUT2D eigenvalue weighted by Gasteiger charge is -2.29. The Balaban J connectivity index is 2.04. The fourth-order valence-electron chi connectivity index (χ4n) is 3.44. The van der Waals surface area contributed by atoms with Crippen LogP contribution < -0.4 is 4.90 Å². The smallest absolute Gasteiger partial charge is 0.214 e. The van der Waals surface area contributed by atoms with Crippen LogP contribution in [-0.4, -0.2) is 38.3 Å². The highest BCUT2D eigenvalue weighted by Gasteiger charge is 2.34. The molecule has 0 bridgehead atoms. The van der Waals surface area contributed by atoms with Gasteiger partial charge in [-0.3, -0.25) is 4.98 Å². The first kappa shape index (κ1) is 16.1. The summed E-state index contributed by atoms with van der Waals surface area (Å²) in [6.07, 6.45) is 8.97. The Hall–Kier alpha value is -1.82. The second-order valence-electron chi connectivity index (χ2n) is 7.41. The fourth-order valence-corrected chi connectivity index (χ4v) is 3.44. The van der Waals surface area contributed by atoms with Gasteiger partial charge in [-0.1, -0.05) is 0 Å². The molecule has 6 heteroatoms. The maximum atomic E-state index is 4.42. The number of quaternary nitrogens is 1. The molecule has 0 radical (unpaired) electrons. The summed E-state index contributed by atoms with van der Waals surface area (Å²) in [6.45, 7) is 8.76. The minimum absolute atomic E-state index is 0.134. The molecule has 2 aromatic rings. The zero-order chi connectivity index (χ0) is 16.3. The highest BCUT2D eigenvalue weighted by Crippen LogP contribution is 2.22. The van der Waals surface area contributed by atoms with Gasteiger partial charge in [-0.2, -0.15) is 0 Å². The van der Waals surface area contributed by atoms with Crippen LogP contribution in [0.1, 0.15) is 63.9 Å². The Morgan fingerprint density at radius 3 is 2.48 bits per heavy atom. The quantitative estimate of drug-likeness (QED) is 0.929. The Morgan fingerprint density at radius 1 is 1.13 bits per heavy atom. The molecule has 0 unspecified atom stereocenters. The lowest BCUT2D eigenvalue weighted by Crippen LogP contribution is -3.12. The number of aromatic nitrogens is 5. The molecule has 6 nitrogen and oxygen atoms in total. The molecule has 1 fully saturated rings. The third-order valence-corrected chi connectivity index (χ3v) is 4.56. The fraction of sp³-hybridized carbons (Fsp3) is 0.647. The van der Waals surface area contributed by atoms with E-state index in [0.29, 0.717) is 0 Å². The monoisotopic (exact) mass is 315 g/mol. The molecule has 2 aromatic heterocycles. The van der Waals surface area contributed by atoms with Crippen molar-refractivity contribution in [1.29, 1.82) is 0 Å². The van der Waals surface area contributed by atoms with E-state index >= 15 is 0 Å². The number of pyridine rings is 1. The second-order valence-corrected chi connectivity index (χ2v) is 7.41. The van der Waals surface area contributed by atoms with Crippen molar-refractivity contribution < 1.29 is 4.90 Å². The van der Waals surface area contributed by atoms with Gasteiger partial charge >= 0.3 is 0 Å². The number of nitrogens with zero attached hydrogens (tertiary/aromatic N) is 5. The van der Waals surface area contributed by atoms with Gasteiger partial charge in [-0.05, 0) is 69.0 Å². The van der Waals surface area contributed by atoms with Crippen LogP contribution in [0, 0.1) is 0 Å². The molecule has 3 heterocycles. The van der Waals surface area contributed by atoms with Crippen LogP contribution in [0.3, 0.4) is 0 Å². The Bertz CT molecular complexity index is 608. The van der Waals surface area contributed by atoms with Crippen molar-refractivity contribution in [3.63, 3.8) is 0 Å². The molecule has 1 aliphatic rings. The van der Waals surface area contributed by atoms with E-state index in [0.717, 1.165) is 18.9 Å². The van der Waals surface area contributed by atoms with Crippen LogP contribution in [0.5, 0.6) is 0 Å². The van der Waals surface area contributed by atoms with Gasteiger partial charge in [0.15, 0.2) is 6.04 Å². The maximum Gasteiger partial charge on any atom is 0.214 e. The van der Waals surface area contributed by atoms with Gasteiger partial charge in [0.1, 0.15) is 0 Å². The molecule has 0 spiro atoms. The minimum atomic E-state index is -0.134. The molecule has 0 amide bonds. The number of likely N-dealkylation sites (tertiary alicyclic amines) is 1. The van der Waals surface area contributed by atoms with Crippen LogP contribution in [0.15, 0.2) is 24.5 Å². The molecule has 1 saturated heterocycles. The van der Waals surface area contributed by atoms with Gasteiger partial charge < -0.3 is 4.90 Å².